The molecule has 92 valence electrons. The second-order valence-corrected chi connectivity index (χ2v) is 3.98. The van der Waals surface area contributed by atoms with Crippen molar-refractivity contribution in [2.45, 2.75) is 59.0 Å². The normalized spacial score (nSPS) is 13.6. The van der Waals surface area contributed by atoms with Gasteiger partial charge in [0.1, 0.15) is 5.78 Å². The molecule has 0 rings (SSSR count). The number of aliphatic hydroxyl groups excluding tert-OH is 1. The molecule has 0 fully saturated rings. The number of ketones is 2. The van der Waals surface area contributed by atoms with Crippen molar-refractivity contribution in [1.82, 2.24) is 0 Å². The molecule has 0 aromatic carbocycles. The number of hydrogen-bond donors (Lipinski definition) is 1. The summed E-state index contributed by atoms with van der Waals surface area (Å²) in [4.78, 5) is 22.8. The van der Waals surface area contributed by atoms with Gasteiger partial charge in [-0.3, -0.25) is 9.59 Å². The van der Waals surface area contributed by atoms with Crippen LogP contribution in [0.5, 0.6) is 0 Å². The minimum atomic E-state index is -0.424. The number of aliphatic hydroxyl groups is 1. The Morgan fingerprint density at radius 2 is 1.81 bits per heavy atom. The number of carbonyl (C=O) groups excluding carboxylic acids is 2. The van der Waals surface area contributed by atoms with Crippen LogP contribution in [-0.4, -0.2) is 22.8 Å². The predicted octanol–water partition coefficient (Wildman–Crippen LogP) is 2.42. The van der Waals surface area contributed by atoms with Gasteiger partial charge in [0.05, 0.1) is 6.10 Å². The molecule has 3 nitrogen and oxygen atoms in total. The first-order chi connectivity index (χ1) is 7.51. The highest BCUT2D eigenvalue weighted by atomic mass is 16.3. The number of Topliss-reactive ketones (excluding diaryl/α,β-unsaturated/α-hetero) is 2. The van der Waals surface area contributed by atoms with Crippen molar-refractivity contribution < 1.29 is 14.7 Å². The van der Waals surface area contributed by atoms with E-state index in [4.69, 9.17) is 5.11 Å². The predicted molar refractivity (Wildman–Crippen MR) is 64.2 cm³/mol. The van der Waals surface area contributed by atoms with Crippen LogP contribution in [0.4, 0.5) is 0 Å². The Bertz CT molecular complexity index is 264. The molecular weight excluding hydrogens is 204 g/mol. The summed E-state index contributed by atoms with van der Waals surface area (Å²) in [6, 6.07) is 0. The Balaban J connectivity index is 4.21. The second kappa shape index (κ2) is 8.22. The maximum atomic E-state index is 11.7. The van der Waals surface area contributed by atoms with Crippen LogP contribution in [0.3, 0.4) is 0 Å². The number of carbonyl (C=O) groups is 2. The van der Waals surface area contributed by atoms with Gasteiger partial charge >= 0.3 is 0 Å². The third kappa shape index (κ3) is 6.51. The van der Waals surface area contributed by atoms with Gasteiger partial charge in [-0.15, -0.1) is 0 Å². The zero-order valence-electron chi connectivity index (χ0n) is 10.5. The van der Waals surface area contributed by atoms with E-state index in [1.165, 1.54) is 0 Å². The molecule has 0 bridgehead atoms. The fraction of sp³-hybridized carbons (Fsp3) is 0.692. The van der Waals surface area contributed by atoms with Crippen LogP contribution in [0.1, 0.15) is 52.9 Å². The van der Waals surface area contributed by atoms with Gasteiger partial charge in [-0.05, 0) is 25.3 Å². The van der Waals surface area contributed by atoms with Crippen LogP contribution in [-0.2, 0) is 9.59 Å². The lowest BCUT2D eigenvalue weighted by Crippen LogP contribution is -2.07. The fourth-order valence-electron chi connectivity index (χ4n) is 1.36. The Hall–Kier alpha value is -0.960. The third-order valence-corrected chi connectivity index (χ3v) is 2.47. The minimum Gasteiger partial charge on any atom is -0.393 e. The van der Waals surface area contributed by atoms with Crippen LogP contribution in [0.15, 0.2) is 11.6 Å². The lowest BCUT2D eigenvalue weighted by molar-refractivity contribution is -0.122. The Morgan fingerprint density at radius 1 is 1.19 bits per heavy atom. The first-order valence-electron chi connectivity index (χ1n) is 5.93. The highest BCUT2D eigenvalue weighted by Crippen LogP contribution is 2.10. The van der Waals surface area contributed by atoms with Crippen molar-refractivity contribution in [3.8, 4) is 0 Å². The maximum absolute atomic E-state index is 11.7. The molecule has 0 aromatic rings. The molecule has 0 aliphatic carbocycles. The highest BCUT2D eigenvalue weighted by molar-refractivity contribution is 5.97. The Labute approximate surface area is 97.5 Å². The van der Waals surface area contributed by atoms with Crippen LogP contribution in [0.25, 0.3) is 0 Å². The smallest absolute Gasteiger partial charge is 0.158 e. The lowest BCUT2D eigenvalue weighted by atomic mass is 10.0. The molecule has 0 aromatic heterocycles. The average Bonchev–Trinajstić information content (AvgIpc) is 2.26. The van der Waals surface area contributed by atoms with Gasteiger partial charge in [0.25, 0.3) is 0 Å². The molecule has 0 saturated heterocycles. The van der Waals surface area contributed by atoms with Gasteiger partial charge in [-0.25, -0.2) is 0 Å². The quantitative estimate of drug-likeness (QED) is 0.647. The Kier molecular flexibility index (Phi) is 7.73. The number of rotatable bonds is 8. The summed E-state index contributed by atoms with van der Waals surface area (Å²) in [6.07, 6.45) is 3.64. The van der Waals surface area contributed by atoms with Crippen LogP contribution < -0.4 is 0 Å². The van der Waals surface area contributed by atoms with E-state index in [1.54, 1.807) is 19.9 Å². The molecule has 0 saturated carbocycles. The van der Waals surface area contributed by atoms with Crippen LogP contribution in [0, 0.1) is 0 Å². The average molecular weight is 226 g/mol. The molecule has 16 heavy (non-hydrogen) atoms. The van der Waals surface area contributed by atoms with Crippen molar-refractivity contribution in [2.24, 2.45) is 0 Å². The summed E-state index contributed by atoms with van der Waals surface area (Å²) in [7, 11) is 0. The van der Waals surface area contributed by atoms with E-state index in [0.29, 0.717) is 32.1 Å². The van der Waals surface area contributed by atoms with E-state index in [0.717, 1.165) is 5.57 Å². The van der Waals surface area contributed by atoms with Crippen LogP contribution >= 0.6 is 0 Å². The summed E-state index contributed by atoms with van der Waals surface area (Å²) < 4.78 is 0. The van der Waals surface area contributed by atoms with Crippen molar-refractivity contribution in [3.05, 3.63) is 11.6 Å². The van der Waals surface area contributed by atoms with Crippen molar-refractivity contribution >= 4 is 11.6 Å². The van der Waals surface area contributed by atoms with Gasteiger partial charge in [-0.1, -0.05) is 19.9 Å². The Morgan fingerprint density at radius 3 is 2.25 bits per heavy atom. The molecule has 1 unspecified atom stereocenters. The maximum Gasteiger partial charge on any atom is 0.158 e. The van der Waals surface area contributed by atoms with Crippen molar-refractivity contribution in [2.75, 3.05) is 0 Å². The lowest BCUT2D eigenvalue weighted by Gasteiger charge is -2.05. The molecule has 1 atom stereocenters. The van der Waals surface area contributed by atoms with Crippen molar-refractivity contribution in [3.63, 3.8) is 0 Å². The molecule has 0 amide bonds. The monoisotopic (exact) mass is 226 g/mol. The first-order valence-corrected chi connectivity index (χ1v) is 5.93. The molecule has 1 N–H and O–H groups in total. The molecule has 0 spiro atoms. The standard InChI is InChI=1S/C13H22O3/c1-4-11(7-6-10(3)14)13(16)9-8-12(15)5-2/h7,10,14H,4-6,8-9H2,1-3H3. The molecular formula is C13H22O3. The van der Waals surface area contributed by atoms with Crippen molar-refractivity contribution in [1.29, 1.82) is 0 Å². The van der Waals surface area contributed by atoms with E-state index in [-0.39, 0.29) is 11.6 Å². The van der Waals surface area contributed by atoms with E-state index < -0.39 is 6.10 Å². The van der Waals surface area contributed by atoms with Crippen LogP contribution in [0.2, 0.25) is 0 Å². The summed E-state index contributed by atoms with van der Waals surface area (Å²) in [6.45, 7) is 5.40. The molecule has 0 aliphatic rings. The van der Waals surface area contributed by atoms with Gasteiger partial charge in [0.2, 0.25) is 0 Å². The zero-order valence-corrected chi connectivity index (χ0v) is 10.5. The second-order valence-electron chi connectivity index (χ2n) is 3.98. The summed E-state index contributed by atoms with van der Waals surface area (Å²) in [5.74, 6) is 0.157. The summed E-state index contributed by atoms with van der Waals surface area (Å²) in [5.41, 5.74) is 0.727. The van der Waals surface area contributed by atoms with E-state index in [1.807, 2.05) is 6.92 Å². The van der Waals surface area contributed by atoms with E-state index >= 15 is 0 Å². The molecule has 3 heteroatoms. The summed E-state index contributed by atoms with van der Waals surface area (Å²) >= 11 is 0. The largest absolute Gasteiger partial charge is 0.393 e. The SMILES string of the molecule is CCC(=O)CCC(=O)C(=CCC(C)O)CC. The first kappa shape index (κ1) is 15.0. The molecule has 0 aliphatic heterocycles. The number of allylic oxidation sites excluding steroid dienone is 1. The third-order valence-electron chi connectivity index (χ3n) is 2.47. The van der Waals surface area contributed by atoms with E-state index in [2.05, 4.69) is 0 Å². The van der Waals surface area contributed by atoms with Gasteiger partial charge in [-0.2, -0.15) is 0 Å². The van der Waals surface area contributed by atoms with Gasteiger partial charge in [0, 0.05) is 19.3 Å². The minimum absolute atomic E-state index is 0.0324. The topological polar surface area (TPSA) is 54.4 Å². The van der Waals surface area contributed by atoms with E-state index in [9.17, 15) is 9.59 Å². The summed E-state index contributed by atoms with van der Waals surface area (Å²) in [5, 5.41) is 9.12. The zero-order chi connectivity index (χ0) is 12.6. The molecule has 0 radical (unpaired) electrons. The highest BCUT2D eigenvalue weighted by Gasteiger charge is 2.09. The van der Waals surface area contributed by atoms with Gasteiger partial charge < -0.3 is 5.11 Å². The molecule has 0 heterocycles. The van der Waals surface area contributed by atoms with Gasteiger partial charge in [0.15, 0.2) is 5.78 Å². The fourth-order valence-corrected chi connectivity index (χ4v) is 1.36. The number of hydrogen-bond acceptors (Lipinski definition) is 3.